The van der Waals surface area contributed by atoms with Crippen LogP contribution in [0.5, 0.6) is 0 Å². The molecule has 1 aromatic heterocycles. The average molecular weight is 186 g/mol. The van der Waals surface area contributed by atoms with E-state index in [0.29, 0.717) is 5.88 Å². The Balaban J connectivity index is 2.70. The lowest BCUT2D eigenvalue weighted by Gasteiger charge is -1.92. The Morgan fingerprint density at radius 3 is 3.00 bits per heavy atom. The Labute approximate surface area is 77.0 Å². The summed E-state index contributed by atoms with van der Waals surface area (Å²) in [4.78, 5) is 0. The first-order valence-corrected chi connectivity index (χ1v) is 4.37. The fourth-order valence-corrected chi connectivity index (χ4v) is 1.01. The van der Waals surface area contributed by atoms with E-state index in [1.165, 1.54) is 0 Å². The molecule has 0 aromatic carbocycles. The van der Waals surface area contributed by atoms with Gasteiger partial charge in [-0.1, -0.05) is 11.3 Å². The average Bonchev–Trinajstić information content (AvgIpc) is 2.47. The number of halogens is 1. The minimum Gasteiger partial charge on any atom is -0.255 e. The van der Waals surface area contributed by atoms with Crippen molar-refractivity contribution in [2.45, 2.75) is 13.3 Å². The molecule has 4 heteroatoms. The summed E-state index contributed by atoms with van der Waals surface area (Å²) in [6, 6.07) is 0. The van der Waals surface area contributed by atoms with Gasteiger partial charge >= 0.3 is 0 Å². The molecule has 0 aliphatic rings. The molecule has 0 atom stereocenters. The number of allylic oxidation sites excluding steroid dienone is 2. The lowest BCUT2D eigenvalue weighted by atomic mass is 10.2. The van der Waals surface area contributed by atoms with Crippen molar-refractivity contribution in [1.82, 2.24) is 15.0 Å². The van der Waals surface area contributed by atoms with Crippen molar-refractivity contribution in [3.8, 4) is 0 Å². The number of hydrogen-bond acceptors (Lipinski definition) is 2. The third-order valence-electron chi connectivity index (χ3n) is 1.57. The van der Waals surface area contributed by atoms with Crippen LogP contribution in [0, 0.1) is 0 Å². The number of aryl methyl sites for hydroxylation is 1. The number of hydrogen-bond donors (Lipinski definition) is 0. The molecule has 0 N–H and O–H groups in total. The van der Waals surface area contributed by atoms with E-state index in [0.717, 1.165) is 17.7 Å². The summed E-state index contributed by atoms with van der Waals surface area (Å²) in [5.41, 5.74) is 2.05. The molecular formula is C8H12ClN3. The monoisotopic (exact) mass is 185 g/mol. The topological polar surface area (TPSA) is 30.7 Å². The highest BCUT2D eigenvalue weighted by atomic mass is 35.5. The summed E-state index contributed by atoms with van der Waals surface area (Å²) >= 11 is 5.55. The van der Waals surface area contributed by atoms with Crippen molar-refractivity contribution in [1.29, 1.82) is 0 Å². The second-order valence-corrected chi connectivity index (χ2v) is 3.02. The molecule has 0 bridgehead atoms. The summed E-state index contributed by atoms with van der Waals surface area (Å²) in [5.74, 6) is 0.650. The number of alkyl halides is 1. The molecule has 0 saturated heterocycles. The Morgan fingerprint density at radius 2 is 2.50 bits per heavy atom. The van der Waals surface area contributed by atoms with Crippen molar-refractivity contribution in [3.05, 3.63) is 18.0 Å². The maximum atomic E-state index is 5.55. The van der Waals surface area contributed by atoms with Gasteiger partial charge in [0.1, 0.15) is 5.69 Å². The van der Waals surface area contributed by atoms with Crippen LogP contribution in [0.2, 0.25) is 0 Å². The predicted octanol–water partition coefficient (Wildman–Crippen LogP) is 1.85. The summed E-state index contributed by atoms with van der Waals surface area (Å²) in [6.07, 6.45) is 4.83. The van der Waals surface area contributed by atoms with E-state index < -0.39 is 0 Å². The molecule has 66 valence electrons. The van der Waals surface area contributed by atoms with Crippen LogP contribution in [0.1, 0.15) is 19.0 Å². The van der Waals surface area contributed by atoms with Crippen LogP contribution in [0.25, 0.3) is 5.57 Å². The molecule has 0 radical (unpaired) electrons. The fourth-order valence-electron chi connectivity index (χ4n) is 0.904. The van der Waals surface area contributed by atoms with Crippen LogP contribution >= 0.6 is 11.6 Å². The Bertz CT molecular complexity index is 278. The van der Waals surface area contributed by atoms with E-state index >= 15 is 0 Å². The van der Waals surface area contributed by atoms with Crippen LogP contribution in [0.3, 0.4) is 0 Å². The molecule has 1 heterocycles. The van der Waals surface area contributed by atoms with Gasteiger partial charge in [0.05, 0.1) is 6.20 Å². The molecule has 0 amide bonds. The van der Waals surface area contributed by atoms with E-state index in [-0.39, 0.29) is 0 Å². The van der Waals surface area contributed by atoms with Crippen molar-refractivity contribution < 1.29 is 0 Å². The maximum Gasteiger partial charge on any atom is 0.108 e. The first-order valence-electron chi connectivity index (χ1n) is 3.83. The molecule has 0 saturated carbocycles. The lowest BCUT2D eigenvalue weighted by molar-refractivity contribution is 0.714. The van der Waals surface area contributed by atoms with E-state index in [2.05, 4.69) is 16.4 Å². The lowest BCUT2D eigenvalue weighted by Crippen LogP contribution is -1.85. The summed E-state index contributed by atoms with van der Waals surface area (Å²) in [5, 5.41) is 7.81. The van der Waals surface area contributed by atoms with E-state index in [1.807, 2.05) is 20.2 Å². The van der Waals surface area contributed by atoms with Gasteiger partial charge in [0.2, 0.25) is 0 Å². The quantitative estimate of drug-likeness (QED) is 0.673. The Kier molecular flexibility index (Phi) is 3.29. The summed E-state index contributed by atoms with van der Waals surface area (Å²) in [7, 11) is 1.85. The minimum atomic E-state index is 0.650. The van der Waals surface area contributed by atoms with Gasteiger partial charge in [-0.25, -0.2) is 0 Å². The van der Waals surface area contributed by atoms with E-state index in [4.69, 9.17) is 11.6 Å². The standard InChI is InChI=1S/C8H12ClN3/c1-7(4-3-5-9)8-6-12(2)11-10-8/h4,6H,3,5H2,1-2H3/b7-4+. The highest BCUT2D eigenvalue weighted by molar-refractivity contribution is 6.17. The van der Waals surface area contributed by atoms with E-state index in [1.54, 1.807) is 4.68 Å². The highest BCUT2D eigenvalue weighted by Crippen LogP contribution is 2.09. The summed E-state index contributed by atoms with van der Waals surface area (Å²) in [6.45, 7) is 2.01. The minimum absolute atomic E-state index is 0.650. The molecular weight excluding hydrogens is 174 g/mol. The number of rotatable bonds is 3. The molecule has 3 nitrogen and oxygen atoms in total. The molecule has 0 aliphatic carbocycles. The first-order chi connectivity index (χ1) is 5.74. The normalized spacial score (nSPS) is 12.1. The van der Waals surface area contributed by atoms with Gasteiger partial charge in [-0.2, -0.15) is 0 Å². The molecule has 0 fully saturated rings. The zero-order valence-corrected chi connectivity index (χ0v) is 8.04. The van der Waals surface area contributed by atoms with Crippen LogP contribution in [-0.2, 0) is 7.05 Å². The second-order valence-electron chi connectivity index (χ2n) is 2.64. The van der Waals surface area contributed by atoms with Crippen molar-refractivity contribution in [3.63, 3.8) is 0 Å². The van der Waals surface area contributed by atoms with Crippen molar-refractivity contribution >= 4 is 17.2 Å². The smallest absolute Gasteiger partial charge is 0.108 e. The number of aromatic nitrogens is 3. The number of nitrogens with zero attached hydrogens (tertiary/aromatic N) is 3. The Hall–Kier alpha value is -0.830. The van der Waals surface area contributed by atoms with Crippen LogP contribution in [0.4, 0.5) is 0 Å². The molecule has 1 rings (SSSR count). The van der Waals surface area contributed by atoms with Crippen LogP contribution in [0.15, 0.2) is 12.3 Å². The van der Waals surface area contributed by atoms with Gasteiger partial charge in [0.25, 0.3) is 0 Å². The second kappa shape index (κ2) is 4.26. The third-order valence-corrected chi connectivity index (χ3v) is 1.78. The van der Waals surface area contributed by atoms with Crippen molar-refractivity contribution in [2.75, 3.05) is 5.88 Å². The van der Waals surface area contributed by atoms with Gasteiger partial charge < -0.3 is 0 Å². The molecule has 0 unspecified atom stereocenters. The van der Waals surface area contributed by atoms with Gasteiger partial charge in [0, 0.05) is 12.9 Å². The van der Waals surface area contributed by atoms with Crippen molar-refractivity contribution in [2.24, 2.45) is 7.05 Å². The predicted molar refractivity (Wildman–Crippen MR) is 50.0 cm³/mol. The largest absolute Gasteiger partial charge is 0.255 e. The molecule has 1 aromatic rings. The zero-order chi connectivity index (χ0) is 8.97. The van der Waals surface area contributed by atoms with Gasteiger partial charge in [-0.15, -0.1) is 16.7 Å². The summed E-state index contributed by atoms with van der Waals surface area (Å²) < 4.78 is 1.69. The van der Waals surface area contributed by atoms with Crippen LogP contribution < -0.4 is 0 Å². The van der Waals surface area contributed by atoms with Gasteiger partial charge in [0.15, 0.2) is 0 Å². The maximum absolute atomic E-state index is 5.55. The van der Waals surface area contributed by atoms with E-state index in [9.17, 15) is 0 Å². The highest BCUT2D eigenvalue weighted by Gasteiger charge is 1.98. The van der Waals surface area contributed by atoms with Gasteiger partial charge in [-0.05, 0) is 18.9 Å². The third kappa shape index (κ3) is 2.34. The first kappa shape index (κ1) is 9.26. The molecule has 0 spiro atoms. The van der Waals surface area contributed by atoms with Crippen LogP contribution in [-0.4, -0.2) is 20.9 Å². The molecule has 0 aliphatic heterocycles. The zero-order valence-electron chi connectivity index (χ0n) is 7.29. The fraction of sp³-hybridized carbons (Fsp3) is 0.500. The SMILES string of the molecule is C/C(=C\CCCl)c1cn(C)nn1. The Morgan fingerprint density at radius 1 is 1.75 bits per heavy atom. The van der Waals surface area contributed by atoms with Gasteiger partial charge in [-0.3, -0.25) is 4.68 Å². The molecule has 12 heavy (non-hydrogen) atoms.